The molecule has 0 aliphatic rings. The van der Waals surface area contributed by atoms with Crippen molar-refractivity contribution in [1.82, 2.24) is 9.97 Å². The average Bonchev–Trinajstić information content (AvgIpc) is 3.08. The Bertz CT molecular complexity index is 2190. The van der Waals surface area contributed by atoms with Crippen LogP contribution in [0, 0.1) is 0 Å². The second kappa shape index (κ2) is 11.4. The molecule has 2 aromatic heterocycles. The van der Waals surface area contributed by atoms with Crippen molar-refractivity contribution < 1.29 is 17.3 Å². The van der Waals surface area contributed by atoms with Gasteiger partial charge in [-0.3, -0.25) is 0 Å². The average molecular weight is 617 g/mol. The molecule has 8 nitrogen and oxygen atoms in total. The van der Waals surface area contributed by atoms with Gasteiger partial charge in [-0.2, -0.15) is 0 Å². The molecule has 2 unspecified atom stereocenters. The molecule has 0 spiro atoms. The van der Waals surface area contributed by atoms with Gasteiger partial charge in [0.15, 0.2) is 0 Å². The van der Waals surface area contributed by atoms with E-state index in [-0.39, 0.29) is 22.6 Å². The Morgan fingerprint density at radius 2 is 0.841 bits per heavy atom. The maximum Gasteiger partial charge on any atom is 0.347 e. The SMILES string of the molecule is O=c1oc(-c2ccc(-c3nc4ccc(S(=O)c5ccccc5)cc4c(=O)o3)cc2)nc2ccc(S(=O)c3ccccc3)cc12. The second-order valence-electron chi connectivity index (χ2n) is 9.71. The zero-order valence-electron chi connectivity index (χ0n) is 22.7. The van der Waals surface area contributed by atoms with Crippen LogP contribution in [0.5, 0.6) is 0 Å². The number of benzene rings is 5. The first-order chi connectivity index (χ1) is 21.4. The summed E-state index contributed by atoms with van der Waals surface area (Å²) in [6.07, 6.45) is 0. The van der Waals surface area contributed by atoms with Gasteiger partial charge in [0, 0.05) is 30.7 Å². The summed E-state index contributed by atoms with van der Waals surface area (Å²) in [6.45, 7) is 0. The Labute approximate surface area is 254 Å². The molecule has 2 atom stereocenters. The van der Waals surface area contributed by atoms with Gasteiger partial charge in [-0.05, 0) is 84.9 Å². The number of nitrogens with zero attached hydrogens (tertiary/aromatic N) is 2. The van der Waals surface area contributed by atoms with Crippen LogP contribution < -0.4 is 11.3 Å². The lowest BCUT2D eigenvalue weighted by molar-refractivity contribution is 0.516. The summed E-state index contributed by atoms with van der Waals surface area (Å²) in [5.74, 6) is 0.218. The van der Waals surface area contributed by atoms with Crippen LogP contribution in [-0.2, 0) is 21.6 Å². The summed E-state index contributed by atoms with van der Waals surface area (Å²) in [5, 5.41) is 0.454. The summed E-state index contributed by atoms with van der Waals surface area (Å²) in [4.78, 5) is 37.0. The van der Waals surface area contributed by atoms with Crippen molar-refractivity contribution in [1.29, 1.82) is 0 Å². The van der Waals surface area contributed by atoms with Crippen molar-refractivity contribution >= 4 is 43.4 Å². The minimum Gasteiger partial charge on any atom is -0.403 e. The predicted octanol–water partition coefficient (Wildman–Crippen LogP) is 6.36. The number of hydrogen-bond acceptors (Lipinski definition) is 8. The maximum atomic E-state index is 12.9. The number of rotatable bonds is 6. The van der Waals surface area contributed by atoms with Crippen LogP contribution in [0.2, 0.25) is 0 Å². The van der Waals surface area contributed by atoms with Gasteiger partial charge in [-0.15, -0.1) is 0 Å². The lowest BCUT2D eigenvalue weighted by atomic mass is 10.1. The van der Waals surface area contributed by atoms with Crippen LogP contribution in [0.1, 0.15) is 0 Å². The van der Waals surface area contributed by atoms with Crippen molar-refractivity contribution in [3.8, 4) is 22.9 Å². The molecule has 0 radical (unpaired) electrons. The van der Waals surface area contributed by atoms with Crippen LogP contribution >= 0.6 is 0 Å². The van der Waals surface area contributed by atoms with Crippen LogP contribution in [0.25, 0.3) is 44.7 Å². The third-order valence-electron chi connectivity index (χ3n) is 6.92. The second-order valence-corrected chi connectivity index (χ2v) is 12.7. The Morgan fingerprint density at radius 3 is 1.23 bits per heavy atom. The van der Waals surface area contributed by atoms with Crippen molar-refractivity contribution in [2.45, 2.75) is 19.6 Å². The molecule has 0 fully saturated rings. The first kappa shape index (κ1) is 27.5. The molecule has 2 heterocycles. The first-order valence-electron chi connectivity index (χ1n) is 13.4. The summed E-state index contributed by atoms with van der Waals surface area (Å²) in [6, 6.07) is 34.4. The standard InChI is InChI=1S/C34H20N2O6S2/c37-33-27-19-25(43(39)23-7-3-1-4-8-23)15-17-29(27)35-31(41-33)21-11-13-22(14-12-21)32-36-30-18-16-26(20-28(30)34(38)42-32)44(40)24-9-5-2-6-10-24/h1-20H. The van der Waals surface area contributed by atoms with E-state index in [0.29, 0.717) is 41.7 Å². The Kier molecular flexibility index (Phi) is 7.13. The van der Waals surface area contributed by atoms with Gasteiger partial charge < -0.3 is 8.83 Å². The van der Waals surface area contributed by atoms with E-state index in [1.54, 1.807) is 109 Å². The zero-order chi connectivity index (χ0) is 30.2. The van der Waals surface area contributed by atoms with E-state index in [1.807, 2.05) is 12.1 Å². The molecule has 10 heteroatoms. The summed E-state index contributed by atoms with van der Waals surface area (Å²) in [7, 11) is -2.91. The van der Waals surface area contributed by atoms with E-state index in [2.05, 4.69) is 9.97 Å². The van der Waals surface area contributed by atoms with E-state index in [0.717, 1.165) is 0 Å². The van der Waals surface area contributed by atoms with Crippen LogP contribution in [0.3, 0.4) is 0 Å². The number of hydrogen-bond donors (Lipinski definition) is 0. The number of fused-ring (bicyclic) bond motifs is 2. The summed E-state index contributed by atoms with van der Waals surface area (Å²) < 4.78 is 36.9. The van der Waals surface area contributed by atoms with Gasteiger partial charge >= 0.3 is 11.3 Å². The van der Waals surface area contributed by atoms with E-state index in [1.165, 1.54) is 0 Å². The third kappa shape index (κ3) is 5.21. The Hall–Kier alpha value is -5.32. The van der Waals surface area contributed by atoms with Gasteiger partial charge in [0.05, 0.1) is 43.4 Å². The molecule has 5 aromatic carbocycles. The molecule has 7 rings (SSSR count). The first-order valence-corrected chi connectivity index (χ1v) is 15.7. The van der Waals surface area contributed by atoms with Gasteiger partial charge in [-0.1, -0.05) is 36.4 Å². The molecular formula is C34H20N2O6S2. The van der Waals surface area contributed by atoms with Gasteiger partial charge in [0.25, 0.3) is 0 Å². The summed E-state index contributed by atoms with van der Waals surface area (Å²) in [5.41, 5.74) is 0.668. The van der Waals surface area contributed by atoms with Crippen LogP contribution in [0.15, 0.2) is 159 Å². The predicted molar refractivity (Wildman–Crippen MR) is 167 cm³/mol. The van der Waals surface area contributed by atoms with Gasteiger partial charge in [-0.25, -0.2) is 28.0 Å². The van der Waals surface area contributed by atoms with E-state index in [4.69, 9.17) is 8.83 Å². The van der Waals surface area contributed by atoms with Crippen LogP contribution in [0.4, 0.5) is 0 Å². The normalized spacial score (nSPS) is 12.7. The van der Waals surface area contributed by atoms with Crippen LogP contribution in [-0.4, -0.2) is 18.4 Å². The van der Waals surface area contributed by atoms with Crippen molar-refractivity contribution in [2.24, 2.45) is 0 Å². The lowest BCUT2D eigenvalue weighted by Crippen LogP contribution is -2.05. The number of aromatic nitrogens is 2. The summed E-state index contributed by atoms with van der Waals surface area (Å²) >= 11 is 0. The fourth-order valence-electron chi connectivity index (χ4n) is 4.70. The molecule has 7 aromatic rings. The molecule has 0 aliphatic heterocycles. The quantitative estimate of drug-likeness (QED) is 0.212. The fraction of sp³-hybridized carbons (Fsp3) is 0. The minimum atomic E-state index is -1.45. The van der Waals surface area contributed by atoms with E-state index < -0.39 is 32.9 Å². The molecule has 0 aliphatic carbocycles. The fourth-order valence-corrected chi connectivity index (χ4v) is 6.88. The molecule has 214 valence electrons. The van der Waals surface area contributed by atoms with E-state index >= 15 is 0 Å². The molecule has 0 saturated heterocycles. The molecule has 0 amide bonds. The maximum absolute atomic E-state index is 12.9. The smallest absolute Gasteiger partial charge is 0.347 e. The molecule has 0 N–H and O–H groups in total. The topological polar surface area (TPSA) is 120 Å². The highest BCUT2D eigenvalue weighted by Gasteiger charge is 2.15. The van der Waals surface area contributed by atoms with Crippen molar-refractivity contribution in [2.75, 3.05) is 0 Å². The lowest BCUT2D eigenvalue weighted by Gasteiger charge is -2.06. The van der Waals surface area contributed by atoms with Gasteiger partial charge in [0.1, 0.15) is 0 Å². The van der Waals surface area contributed by atoms with Crippen molar-refractivity contribution in [3.05, 3.63) is 142 Å². The highest BCUT2D eigenvalue weighted by molar-refractivity contribution is 7.85. The van der Waals surface area contributed by atoms with Crippen molar-refractivity contribution in [3.63, 3.8) is 0 Å². The molecular weight excluding hydrogens is 597 g/mol. The highest BCUT2D eigenvalue weighted by Crippen LogP contribution is 2.26. The van der Waals surface area contributed by atoms with Gasteiger partial charge in [0.2, 0.25) is 11.8 Å². The Balaban J connectivity index is 1.17. The zero-order valence-corrected chi connectivity index (χ0v) is 24.3. The minimum absolute atomic E-state index is 0.109. The van der Waals surface area contributed by atoms with E-state index in [9.17, 15) is 18.0 Å². The highest BCUT2D eigenvalue weighted by atomic mass is 32.2. The largest absolute Gasteiger partial charge is 0.403 e. The third-order valence-corrected chi connectivity index (χ3v) is 9.68. The molecule has 44 heavy (non-hydrogen) atoms. The molecule has 0 bridgehead atoms. The monoisotopic (exact) mass is 616 g/mol. The Morgan fingerprint density at radius 1 is 0.455 bits per heavy atom. The molecule has 0 saturated carbocycles.